The van der Waals surface area contributed by atoms with Crippen molar-refractivity contribution in [3.05, 3.63) is 95.6 Å². The third kappa shape index (κ3) is 5.61. The lowest BCUT2D eigenvalue weighted by Gasteiger charge is -2.21. The number of carbonyl (C=O) groups excluding carboxylic acids is 1. The van der Waals surface area contributed by atoms with Crippen LogP contribution in [-0.4, -0.2) is 19.0 Å². The molecule has 1 N–H and O–H groups in total. The molecule has 0 atom stereocenters. The summed E-state index contributed by atoms with van der Waals surface area (Å²) < 4.78 is 5.90. The van der Waals surface area contributed by atoms with Crippen LogP contribution < -0.4 is 15.0 Å². The van der Waals surface area contributed by atoms with Gasteiger partial charge >= 0.3 is 0 Å². The van der Waals surface area contributed by atoms with E-state index in [1.807, 2.05) is 48.5 Å². The molecule has 0 radical (unpaired) electrons. The summed E-state index contributed by atoms with van der Waals surface area (Å²) in [5.74, 6) is 0.451. The van der Waals surface area contributed by atoms with Gasteiger partial charge in [0.25, 0.3) is 5.91 Å². The summed E-state index contributed by atoms with van der Waals surface area (Å²) in [6.07, 6.45) is 0. The predicted molar refractivity (Wildman–Crippen MR) is 118 cm³/mol. The van der Waals surface area contributed by atoms with Crippen LogP contribution in [0.25, 0.3) is 0 Å². The third-order valence-electron chi connectivity index (χ3n) is 4.89. The number of ether oxygens (including phenoxy) is 1. The van der Waals surface area contributed by atoms with Crippen molar-refractivity contribution < 1.29 is 9.53 Å². The summed E-state index contributed by atoms with van der Waals surface area (Å²) in [5.41, 5.74) is 3.88. The minimum Gasteiger partial charge on any atom is -0.488 e. The molecule has 0 saturated heterocycles. The van der Waals surface area contributed by atoms with Crippen LogP contribution in [0, 0.1) is 0 Å². The Morgan fingerprint density at radius 3 is 2.17 bits per heavy atom. The molecule has 29 heavy (non-hydrogen) atoms. The van der Waals surface area contributed by atoms with Gasteiger partial charge in [0.05, 0.1) is 5.56 Å². The summed E-state index contributed by atoms with van der Waals surface area (Å²) in [6.45, 7) is 7.16. The highest BCUT2D eigenvalue weighted by Gasteiger charge is 2.12. The summed E-state index contributed by atoms with van der Waals surface area (Å²) in [7, 11) is 0. The van der Waals surface area contributed by atoms with Crippen molar-refractivity contribution in [3.63, 3.8) is 0 Å². The zero-order chi connectivity index (χ0) is 20.5. The first-order chi connectivity index (χ1) is 14.2. The standard InChI is InChI=1S/C25H28N2O2/c1-3-27(4-2)22-16-14-20(15-17-22)18-26-25(28)23-12-8-9-13-24(23)29-19-21-10-6-5-7-11-21/h5-17H,3-4,18-19H2,1-2H3,(H,26,28). The Bertz CT molecular complexity index is 904. The molecule has 4 nitrogen and oxygen atoms in total. The van der Waals surface area contributed by atoms with E-state index < -0.39 is 0 Å². The van der Waals surface area contributed by atoms with Crippen LogP contribution in [0.5, 0.6) is 5.75 Å². The average Bonchev–Trinajstić information content (AvgIpc) is 2.78. The first-order valence-corrected chi connectivity index (χ1v) is 10.1. The van der Waals surface area contributed by atoms with Gasteiger partial charge < -0.3 is 15.0 Å². The molecule has 0 aliphatic rings. The van der Waals surface area contributed by atoms with Crippen LogP contribution in [0.3, 0.4) is 0 Å². The lowest BCUT2D eigenvalue weighted by molar-refractivity contribution is 0.0946. The predicted octanol–water partition coefficient (Wildman–Crippen LogP) is 5.04. The number of anilines is 1. The van der Waals surface area contributed by atoms with Gasteiger partial charge in [-0.3, -0.25) is 4.79 Å². The second kappa shape index (κ2) is 10.3. The Labute approximate surface area is 173 Å². The monoisotopic (exact) mass is 388 g/mol. The first-order valence-electron chi connectivity index (χ1n) is 10.1. The number of rotatable bonds is 9. The average molecular weight is 389 g/mol. The fourth-order valence-corrected chi connectivity index (χ4v) is 3.21. The van der Waals surface area contributed by atoms with E-state index in [1.54, 1.807) is 6.07 Å². The topological polar surface area (TPSA) is 41.6 Å². The minimum atomic E-state index is -0.138. The van der Waals surface area contributed by atoms with Gasteiger partial charge in [0.15, 0.2) is 0 Å². The van der Waals surface area contributed by atoms with E-state index in [1.165, 1.54) is 5.69 Å². The number of amides is 1. The molecule has 3 aromatic rings. The molecule has 0 unspecified atom stereocenters. The molecular formula is C25H28N2O2. The van der Waals surface area contributed by atoms with Crippen LogP contribution in [0.4, 0.5) is 5.69 Å². The highest BCUT2D eigenvalue weighted by molar-refractivity contribution is 5.96. The van der Waals surface area contributed by atoms with Crippen LogP contribution in [-0.2, 0) is 13.2 Å². The van der Waals surface area contributed by atoms with Gasteiger partial charge in [-0.15, -0.1) is 0 Å². The van der Waals surface area contributed by atoms with E-state index in [0.717, 1.165) is 24.2 Å². The maximum Gasteiger partial charge on any atom is 0.255 e. The van der Waals surface area contributed by atoms with Crippen molar-refractivity contribution in [2.24, 2.45) is 0 Å². The highest BCUT2D eigenvalue weighted by Crippen LogP contribution is 2.20. The SMILES string of the molecule is CCN(CC)c1ccc(CNC(=O)c2ccccc2OCc2ccccc2)cc1. The summed E-state index contributed by atoms with van der Waals surface area (Å²) in [4.78, 5) is 15.0. The molecule has 150 valence electrons. The molecule has 0 heterocycles. The van der Waals surface area contributed by atoms with Gasteiger partial charge in [0.1, 0.15) is 12.4 Å². The minimum absolute atomic E-state index is 0.138. The molecule has 0 spiro atoms. The van der Waals surface area contributed by atoms with Gasteiger partial charge in [0.2, 0.25) is 0 Å². The molecule has 0 saturated carbocycles. The van der Waals surface area contributed by atoms with E-state index in [9.17, 15) is 4.79 Å². The van der Waals surface area contributed by atoms with Crippen molar-refractivity contribution in [1.29, 1.82) is 0 Å². The molecule has 0 bridgehead atoms. The zero-order valence-corrected chi connectivity index (χ0v) is 17.1. The summed E-state index contributed by atoms with van der Waals surface area (Å²) in [5, 5.41) is 3.00. The molecular weight excluding hydrogens is 360 g/mol. The Kier molecular flexibility index (Phi) is 7.28. The van der Waals surface area contributed by atoms with Gasteiger partial charge in [0, 0.05) is 25.3 Å². The van der Waals surface area contributed by atoms with Crippen molar-refractivity contribution in [3.8, 4) is 5.75 Å². The molecule has 0 fully saturated rings. The van der Waals surface area contributed by atoms with Gasteiger partial charge in [-0.1, -0.05) is 54.6 Å². The Balaban J connectivity index is 1.61. The molecule has 1 amide bonds. The number of hydrogen-bond acceptors (Lipinski definition) is 3. The zero-order valence-electron chi connectivity index (χ0n) is 17.1. The molecule has 0 aliphatic heterocycles. The molecule has 0 aromatic heterocycles. The van der Waals surface area contributed by atoms with Crippen molar-refractivity contribution in [2.45, 2.75) is 27.0 Å². The molecule has 3 aromatic carbocycles. The Morgan fingerprint density at radius 1 is 0.828 bits per heavy atom. The van der Waals surface area contributed by atoms with E-state index >= 15 is 0 Å². The Morgan fingerprint density at radius 2 is 1.48 bits per heavy atom. The van der Waals surface area contributed by atoms with Crippen molar-refractivity contribution in [1.82, 2.24) is 5.32 Å². The van der Waals surface area contributed by atoms with E-state index in [0.29, 0.717) is 24.5 Å². The lowest BCUT2D eigenvalue weighted by atomic mass is 10.1. The van der Waals surface area contributed by atoms with E-state index in [-0.39, 0.29) is 5.91 Å². The number of benzene rings is 3. The number of para-hydroxylation sites is 1. The van der Waals surface area contributed by atoms with Crippen molar-refractivity contribution in [2.75, 3.05) is 18.0 Å². The molecule has 4 heteroatoms. The lowest BCUT2D eigenvalue weighted by Crippen LogP contribution is -2.24. The first kappa shape index (κ1) is 20.5. The fraction of sp³-hybridized carbons (Fsp3) is 0.240. The van der Waals surface area contributed by atoms with Crippen LogP contribution >= 0.6 is 0 Å². The molecule has 0 aliphatic carbocycles. The smallest absolute Gasteiger partial charge is 0.255 e. The van der Waals surface area contributed by atoms with Crippen molar-refractivity contribution >= 4 is 11.6 Å². The second-order valence-electron chi connectivity index (χ2n) is 6.79. The highest BCUT2D eigenvalue weighted by atomic mass is 16.5. The largest absolute Gasteiger partial charge is 0.488 e. The Hall–Kier alpha value is -3.27. The van der Waals surface area contributed by atoms with E-state index in [4.69, 9.17) is 4.74 Å². The summed E-state index contributed by atoms with van der Waals surface area (Å²) in [6, 6.07) is 25.6. The number of nitrogens with zero attached hydrogens (tertiary/aromatic N) is 1. The van der Waals surface area contributed by atoms with E-state index in [2.05, 4.69) is 48.3 Å². The van der Waals surface area contributed by atoms with Gasteiger partial charge in [-0.25, -0.2) is 0 Å². The summed E-state index contributed by atoms with van der Waals surface area (Å²) >= 11 is 0. The number of carbonyl (C=O) groups is 1. The van der Waals surface area contributed by atoms with Gasteiger partial charge in [-0.05, 0) is 49.2 Å². The second-order valence-corrected chi connectivity index (χ2v) is 6.79. The number of nitrogens with one attached hydrogen (secondary N) is 1. The fourth-order valence-electron chi connectivity index (χ4n) is 3.21. The van der Waals surface area contributed by atoms with Gasteiger partial charge in [-0.2, -0.15) is 0 Å². The van der Waals surface area contributed by atoms with Crippen LogP contribution in [0.15, 0.2) is 78.9 Å². The quantitative estimate of drug-likeness (QED) is 0.558. The maximum atomic E-state index is 12.7. The maximum absolute atomic E-state index is 12.7. The number of hydrogen-bond donors (Lipinski definition) is 1. The van der Waals surface area contributed by atoms with Crippen LogP contribution in [0.2, 0.25) is 0 Å². The van der Waals surface area contributed by atoms with Crippen LogP contribution in [0.1, 0.15) is 35.3 Å². The molecule has 3 rings (SSSR count). The third-order valence-corrected chi connectivity index (χ3v) is 4.89. The normalized spacial score (nSPS) is 10.4.